The van der Waals surface area contributed by atoms with Gasteiger partial charge in [0.05, 0.1) is 18.6 Å². The maximum absolute atomic E-state index is 14.1. The Labute approximate surface area is 252 Å². The molecular formula is C30H35Cl2N3O5S. The summed E-state index contributed by atoms with van der Waals surface area (Å²) in [6.07, 6.45) is 1.93. The number of carbonyl (C=O) groups excluding carboxylic acids is 2. The molecule has 1 atom stereocenters. The van der Waals surface area contributed by atoms with Crippen LogP contribution in [0, 0.1) is 0 Å². The zero-order chi connectivity index (χ0) is 30.0. The van der Waals surface area contributed by atoms with E-state index >= 15 is 0 Å². The highest BCUT2D eigenvalue weighted by Crippen LogP contribution is 2.28. The van der Waals surface area contributed by atoms with Gasteiger partial charge in [-0.05, 0) is 55.3 Å². The molecule has 0 radical (unpaired) electrons. The summed E-state index contributed by atoms with van der Waals surface area (Å²) in [6.45, 7) is 4.00. The Morgan fingerprint density at radius 1 is 0.927 bits per heavy atom. The molecule has 0 saturated carbocycles. The van der Waals surface area contributed by atoms with Gasteiger partial charge in [-0.25, -0.2) is 8.42 Å². The first-order valence-electron chi connectivity index (χ1n) is 13.3. The molecule has 3 aromatic rings. The number of nitrogens with zero attached hydrogens (tertiary/aromatic N) is 2. The van der Waals surface area contributed by atoms with Crippen molar-refractivity contribution in [3.05, 3.63) is 94.0 Å². The number of benzene rings is 3. The van der Waals surface area contributed by atoms with Gasteiger partial charge in [-0.3, -0.25) is 13.9 Å². The third-order valence-electron chi connectivity index (χ3n) is 6.33. The second kappa shape index (κ2) is 15.1. The lowest BCUT2D eigenvalue weighted by Crippen LogP contribution is -2.53. The van der Waals surface area contributed by atoms with Crippen LogP contribution in [0.3, 0.4) is 0 Å². The second-order valence-corrected chi connectivity index (χ2v) is 12.1. The van der Waals surface area contributed by atoms with Gasteiger partial charge in [0.25, 0.3) is 0 Å². The van der Waals surface area contributed by atoms with Gasteiger partial charge in [0.1, 0.15) is 18.3 Å². The molecule has 0 aliphatic heterocycles. The Morgan fingerprint density at radius 2 is 1.56 bits per heavy atom. The molecule has 220 valence electrons. The van der Waals surface area contributed by atoms with Crippen molar-refractivity contribution in [1.82, 2.24) is 10.2 Å². The van der Waals surface area contributed by atoms with Crippen LogP contribution < -0.4 is 14.4 Å². The van der Waals surface area contributed by atoms with Crippen LogP contribution in [0.4, 0.5) is 5.69 Å². The van der Waals surface area contributed by atoms with E-state index in [1.165, 1.54) is 4.90 Å². The van der Waals surface area contributed by atoms with E-state index in [2.05, 4.69) is 5.32 Å². The molecule has 3 aromatic carbocycles. The molecule has 0 bridgehead atoms. The molecule has 1 N–H and O–H groups in total. The van der Waals surface area contributed by atoms with Crippen LogP contribution in [0.25, 0.3) is 0 Å². The van der Waals surface area contributed by atoms with E-state index < -0.39 is 28.5 Å². The normalized spacial score (nSPS) is 11.9. The number of halogens is 2. The van der Waals surface area contributed by atoms with Crippen molar-refractivity contribution in [2.24, 2.45) is 0 Å². The molecule has 0 heterocycles. The average Bonchev–Trinajstić information content (AvgIpc) is 2.94. The summed E-state index contributed by atoms with van der Waals surface area (Å²) >= 11 is 13.0. The van der Waals surface area contributed by atoms with E-state index in [0.29, 0.717) is 40.9 Å². The topological polar surface area (TPSA) is 96.0 Å². The smallest absolute Gasteiger partial charge is 0.244 e. The van der Waals surface area contributed by atoms with Crippen LogP contribution in [0.5, 0.6) is 5.75 Å². The minimum Gasteiger partial charge on any atom is -0.494 e. The third kappa shape index (κ3) is 9.11. The van der Waals surface area contributed by atoms with Gasteiger partial charge in [0.15, 0.2) is 0 Å². The molecular weight excluding hydrogens is 585 g/mol. The zero-order valence-electron chi connectivity index (χ0n) is 23.3. The molecule has 0 fully saturated rings. The summed E-state index contributed by atoms with van der Waals surface area (Å²) in [5, 5.41) is 3.55. The van der Waals surface area contributed by atoms with E-state index in [0.717, 1.165) is 16.1 Å². The highest BCUT2D eigenvalue weighted by atomic mass is 35.5. The molecule has 0 saturated heterocycles. The van der Waals surface area contributed by atoms with Gasteiger partial charge in [0, 0.05) is 35.1 Å². The fourth-order valence-corrected chi connectivity index (χ4v) is 5.63. The molecule has 0 spiro atoms. The number of hydrogen-bond acceptors (Lipinski definition) is 5. The van der Waals surface area contributed by atoms with E-state index in [4.69, 9.17) is 27.9 Å². The Balaban J connectivity index is 2.06. The van der Waals surface area contributed by atoms with E-state index in [1.807, 2.05) is 44.2 Å². The molecule has 0 unspecified atom stereocenters. The highest BCUT2D eigenvalue weighted by Gasteiger charge is 2.33. The molecule has 11 heteroatoms. The maximum Gasteiger partial charge on any atom is 0.244 e. The first-order valence-corrected chi connectivity index (χ1v) is 15.9. The standard InChI is InChI=1S/C30H35Cl2N3O5S/c1-4-18-33-30(37)28(19-22-10-7-6-8-11-22)34(20-25-26(31)12-9-13-27(25)32)29(36)21-35(41(3,38)39)23-14-16-24(17-15-23)40-5-2/h6-17,28H,4-5,18-21H2,1-3H3,(H,33,37)/t28-/m1/s1. The molecule has 3 rings (SSSR count). The quantitative estimate of drug-likeness (QED) is 0.263. The summed E-state index contributed by atoms with van der Waals surface area (Å²) in [6, 6.07) is 19.7. The fraction of sp³-hybridized carbons (Fsp3) is 0.333. The fourth-order valence-electron chi connectivity index (χ4n) is 4.26. The molecule has 0 aliphatic carbocycles. The first-order chi connectivity index (χ1) is 19.5. The summed E-state index contributed by atoms with van der Waals surface area (Å²) < 4.78 is 32.3. The van der Waals surface area contributed by atoms with Crippen LogP contribution in [0.15, 0.2) is 72.8 Å². The minimum atomic E-state index is -3.89. The number of sulfonamides is 1. The van der Waals surface area contributed by atoms with Crippen LogP contribution in [0.1, 0.15) is 31.4 Å². The SMILES string of the molecule is CCCNC(=O)[C@@H](Cc1ccccc1)N(Cc1c(Cl)cccc1Cl)C(=O)CN(c1ccc(OCC)cc1)S(C)(=O)=O. The predicted octanol–water partition coefficient (Wildman–Crippen LogP) is 5.32. The molecule has 8 nitrogen and oxygen atoms in total. The first kappa shape index (κ1) is 32.2. The molecule has 0 aromatic heterocycles. The number of ether oxygens (including phenoxy) is 1. The van der Waals surface area contributed by atoms with Crippen molar-refractivity contribution in [2.75, 3.05) is 30.3 Å². The molecule has 0 aliphatic rings. The van der Waals surface area contributed by atoms with Gasteiger partial charge in [-0.15, -0.1) is 0 Å². The van der Waals surface area contributed by atoms with E-state index in [9.17, 15) is 18.0 Å². The number of anilines is 1. The highest BCUT2D eigenvalue weighted by molar-refractivity contribution is 7.92. The number of carbonyl (C=O) groups is 2. The summed E-state index contributed by atoms with van der Waals surface area (Å²) in [7, 11) is -3.89. The lowest BCUT2D eigenvalue weighted by Gasteiger charge is -2.34. The Hall–Kier alpha value is -3.27. The minimum absolute atomic E-state index is 0.102. The van der Waals surface area contributed by atoms with Crippen molar-refractivity contribution >= 4 is 50.7 Å². The van der Waals surface area contributed by atoms with Gasteiger partial charge in [-0.2, -0.15) is 0 Å². The number of amides is 2. The van der Waals surface area contributed by atoms with Crippen LogP contribution in [-0.2, 0) is 32.6 Å². The molecule has 2 amide bonds. The number of rotatable bonds is 14. The van der Waals surface area contributed by atoms with Gasteiger partial charge in [0.2, 0.25) is 21.8 Å². The van der Waals surface area contributed by atoms with Crippen LogP contribution >= 0.6 is 23.2 Å². The Bertz CT molecular complexity index is 1400. The third-order valence-corrected chi connectivity index (χ3v) is 8.17. The van der Waals surface area contributed by atoms with Crippen molar-refractivity contribution < 1.29 is 22.7 Å². The van der Waals surface area contributed by atoms with E-state index in [1.54, 1.807) is 42.5 Å². The summed E-state index contributed by atoms with van der Waals surface area (Å²) in [5.41, 5.74) is 1.58. The Kier molecular flexibility index (Phi) is 11.9. The lowest BCUT2D eigenvalue weighted by atomic mass is 10.0. The molecule has 41 heavy (non-hydrogen) atoms. The maximum atomic E-state index is 14.1. The van der Waals surface area contributed by atoms with Crippen molar-refractivity contribution in [2.45, 2.75) is 39.3 Å². The summed E-state index contributed by atoms with van der Waals surface area (Å²) in [4.78, 5) is 29.0. The van der Waals surface area contributed by atoms with E-state index in [-0.39, 0.29) is 24.6 Å². The number of hydrogen-bond donors (Lipinski definition) is 1. The van der Waals surface area contributed by atoms with Gasteiger partial charge in [-0.1, -0.05) is 66.5 Å². The monoisotopic (exact) mass is 619 g/mol. The van der Waals surface area contributed by atoms with Gasteiger partial charge >= 0.3 is 0 Å². The summed E-state index contributed by atoms with van der Waals surface area (Å²) in [5.74, 6) is -0.381. The van der Waals surface area contributed by atoms with Crippen LogP contribution in [0.2, 0.25) is 10.0 Å². The Morgan fingerprint density at radius 3 is 2.12 bits per heavy atom. The lowest BCUT2D eigenvalue weighted by molar-refractivity contribution is -0.140. The van der Waals surface area contributed by atoms with Gasteiger partial charge < -0.3 is 15.0 Å². The predicted molar refractivity (Wildman–Crippen MR) is 164 cm³/mol. The average molecular weight is 621 g/mol. The van der Waals surface area contributed by atoms with Crippen molar-refractivity contribution in [3.8, 4) is 5.75 Å². The van der Waals surface area contributed by atoms with Crippen molar-refractivity contribution in [3.63, 3.8) is 0 Å². The second-order valence-electron chi connectivity index (χ2n) is 9.41. The van der Waals surface area contributed by atoms with Crippen molar-refractivity contribution in [1.29, 1.82) is 0 Å². The zero-order valence-corrected chi connectivity index (χ0v) is 25.7. The number of nitrogens with one attached hydrogen (secondary N) is 1. The van der Waals surface area contributed by atoms with Crippen LogP contribution in [-0.4, -0.2) is 57.1 Å². The largest absolute Gasteiger partial charge is 0.494 e.